The van der Waals surface area contributed by atoms with Crippen LogP contribution in [0.15, 0.2) is 40.2 Å². The quantitative estimate of drug-likeness (QED) is 0.657. The van der Waals surface area contributed by atoms with Crippen molar-refractivity contribution in [2.45, 2.75) is 25.4 Å². The van der Waals surface area contributed by atoms with Crippen molar-refractivity contribution in [1.29, 1.82) is 0 Å². The monoisotopic (exact) mass is 401 g/mol. The van der Waals surface area contributed by atoms with E-state index in [4.69, 9.17) is 11.6 Å². The number of rotatable bonds is 7. The number of alkyl halides is 1. The van der Waals surface area contributed by atoms with Crippen LogP contribution in [-0.4, -0.2) is 16.9 Å². The van der Waals surface area contributed by atoms with Crippen LogP contribution in [0.2, 0.25) is 0 Å². The Kier molecular flexibility index (Phi) is 6.89. The Hall–Kier alpha value is -0.880. The first-order valence-electron chi connectivity index (χ1n) is 6.96. The van der Waals surface area contributed by atoms with Crippen LogP contribution in [0.4, 0.5) is 5.69 Å². The predicted octanol–water partition coefficient (Wildman–Crippen LogP) is 4.74. The van der Waals surface area contributed by atoms with Gasteiger partial charge >= 0.3 is 0 Å². The van der Waals surface area contributed by atoms with Crippen molar-refractivity contribution in [3.8, 4) is 0 Å². The van der Waals surface area contributed by atoms with Gasteiger partial charge in [0.15, 0.2) is 0 Å². The minimum absolute atomic E-state index is 0.107. The van der Waals surface area contributed by atoms with Crippen molar-refractivity contribution < 1.29 is 9.90 Å². The molecule has 0 fully saturated rings. The molecule has 0 aliphatic rings. The van der Waals surface area contributed by atoms with Crippen molar-refractivity contribution >= 4 is 50.5 Å². The largest absolute Gasteiger partial charge is 0.388 e. The summed E-state index contributed by atoms with van der Waals surface area (Å²) in [5.74, 6) is -0.389. The fourth-order valence-corrected chi connectivity index (χ4v) is 3.38. The zero-order valence-corrected chi connectivity index (χ0v) is 15.0. The van der Waals surface area contributed by atoms with E-state index in [-0.39, 0.29) is 11.8 Å². The standard InChI is InChI=1S/C16H17BrClNO2S/c17-11-6-7-14(19-16(21)10-18)13(9-11)15(20)5-1-3-12-4-2-8-22-12/h2,4,6-9,15,20H,1,3,5,10H2,(H,19,21). The fourth-order valence-electron chi connectivity index (χ4n) is 2.19. The highest BCUT2D eigenvalue weighted by atomic mass is 79.9. The molecule has 1 unspecified atom stereocenters. The molecule has 6 heteroatoms. The number of benzene rings is 1. The van der Waals surface area contributed by atoms with Crippen molar-refractivity contribution in [3.63, 3.8) is 0 Å². The highest BCUT2D eigenvalue weighted by Gasteiger charge is 2.14. The average molecular weight is 403 g/mol. The van der Waals surface area contributed by atoms with Gasteiger partial charge in [-0.05, 0) is 48.9 Å². The van der Waals surface area contributed by atoms with Crippen molar-refractivity contribution in [2.24, 2.45) is 0 Å². The third-order valence-electron chi connectivity index (χ3n) is 3.25. The van der Waals surface area contributed by atoms with Gasteiger partial charge in [-0.1, -0.05) is 22.0 Å². The smallest absolute Gasteiger partial charge is 0.239 e. The molecule has 22 heavy (non-hydrogen) atoms. The van der Waals surface area contributed by atoms with E-state index in [2.05, 4.69) is 32.7 Å². The minimum atomic E-state index is -0.622. The highest BCUT2D eigenvalue weighted by Crippen LogP contribution is 2.30. The zero-order chi connectivity index (χ0) is 15.9. The van der Waals surface area contributed by atoms with Gasteiger partial charge in [0.25, 0.3) is 0 Å². The minimum Gasteiger partial charge on any atom is -0.388 e. The van der Waals surface area contributed by atoms with Gasteiger partial charge in [0.2, 0.25) is 5.91 Å². The first-order valence-corrected chi connectivity index (χ1v) is 9.16. The molecule has 0 bridgehead atoms. The summed E-state index contributed by atoms with van der Waals surface area (Å²) in [6.45, 7) is 0. The van der Waals surface area contributed by atoms with Crippen LogP contribution < -0.4 is 5.32 Å². The topological polar surface area (TPSA) is 49.3 Å². The molecule has 2 rings (SSSR count). The second-order valence-corrected chi connectivity index (χ2v) is 7.12. The molecule has 1 aromatic carbocycles. The second kappa shape index (κ2) is 8.67. The van der Waals surface area contributed by atoms with Gasteiger partial charge in [0.05, 0.1) is 6.10 Å². The lowest BCUT2D eigenvalue weighted by molar-refractivity contribution is -0.113. The molecule has 1 amide bonds. The van der Waals surface area contributed by atoms with E-state index in [0.717, 1.165) is 17.3 Å². The molecule has 118 valence electrons. The molecule has 0 saturated heterocycles. The lowest BCUT2D eigenvalue weighted by Crippen LogP contribution is -2.15. The normalized spacial score (nSPS) is 12.1. The number of aryl methyl sites for hydroxylation is 1. The Morgan fingerprint density at radius 2 is 2.23 bits per heavy atom. The van der Waals surface area contributed by atoms with Crippen LogP contribution in [0, 0.1) is 0 Å². The Labute approximate surface area is 147 Å². The van der Waals surface area contributed by atoms with Crippen LogP contribution in [0.25, 0.3) is 0 Å². The SMILES string of the molecule is O=C(CCl)Nc1ccc(Br)cc1C(O)CCCc1cccs1. The number of anilines is 1. The first-order chi connectivity index (χ1) is 10.6. The molecule has 2 aromatic rings. The summed E-state index contributed by atoms with van der Waals surface area (Å²) >= 11 is 10.6. The number of hydrogen-bond acceptors (Lipinski definition) is 3. The van der Waals surface area contributed by atoms with E-state index in [1.54, 1.807) is 17.4 Å². The number of halogens is 2. The summed E-state index contributed by atoms with van der Waals surface area (Å²) in [7, 11) is 0. The molecule has 1 atom stereocenters. The molecule has 1 heterocycles. The van der Waals surface area contributed by atoms with Gasteiger partial charge < -0.3 is 10.4 Å². The first kappa shape index (κ1) is 17.5. The molecular formula is C16H17BrClNO2S. The molecule has 2 N–H and O–H groups in total. The molecule has 0 aliphatic heterocycles. The van der Waals surface area contributed by atoms with Gasteiger partial charge in [0, 0.05) is 20.6 Å². The molecule has 3 nitrogen and oxygen atoms in total. The summed E-state index contributed by atoms with van der Waals surface area (Å²) in [5, 5.41) is 15.2. The maximum absolute atomic E-state index is 11.5. The van der Waals surface area contributed by atoms with Gasteiger partial charge in [0.1, 0.15) is 5.88 Å². The molecule has 0 radical (unpaired) electrons. The summed E-state index contributed by atoms with van der Waals surface area (Å²) in [4.78, 5) is 12.8. The second-order valence-electron chi connectivity index (χ2n) is 4.90. The number of thiophene rings is 1. The van der Waals surface area contributed by atoms with Crippen LogP contribution in [0.5, 0.6) is 0 Å². The molecule has 1 aromatic heterocycles. The number of hydrogen-bond donors (Lipinski definition) is 2. The van der Waals surface area contributed by atoms with Crippen molar-refractivity contribution in [1.82, 2.24) is 0 Å². The van der Waals surface area contributed by atoms with Crippen molar-refractivity contribution in [2.75, 3.05) is 11.2 Å². The fraction of sp³-hybridized carbons (Fsp3) is 0.312. The number of nitrogens with one attached hydrogen (secondary N) is 1. The third-order valence-corrected chi connectivity index (χ3v) is 4.92. The number of amides is 1. The number of carbonyl (C=O) groups is 1. The Balaban J connectivity index is 2.01. The van der Waals surface area contributed by atoms with Gasteiger partial charge in [-0.25, -0.2) is 0 Å². The number of aliphatic hydroxyl groups excluding tert-OH is 1. The van der Waals surface area contributed by atoms with Gasteiger partial charge in [-0.3, -0.25) is 4.79 Å². The molecule has 0 spiro atoms. The van der Waals surface area contributed by atoms with E-state index < -0.39 is 6.10 Å². The van der Waals surface area contributed by atoms with Crippen LogP contribution in [0.1, 0.15) is 29.4 Å². The summed E-state index contributed by atoms with van der Waals surface area (Å²) < 4.78 is 0.865. The highest BCUT2D eigenvalue weighted by molar-refractivity contribution is 9.10. The van der Waals surface area contributed by atoms with Gasteiger partial charge in [-0.2, -0.15) is 0 Å². The Morgan fingerprint density at radius 1 is 1.41 bits per heavy atom. The van der Waals surface area contributed by atoms with E-state index in [9.17, 15) is 9.90 Å². The summed E-state index contributed by atoms with van der Waals surface area (Å²) in [6, 6.07) is 9.56. The molecule has 0 aliphatic carbocycles. The van der Waals surface area contributed by atoms with Crippen LogP contribution in [-0.2, 0) is 11.2 Å². The lowest BCUT2D eigenvalue weighted by atomic mass is 10.0. The maximum atomic E-state index is 11.5. The van der Waals surface area contributed by atoms with E-state index in [0.29, 0.717) is 17.7 Å². The number of carbonyl (C=O) groups excluding carboxylic acids is 1. The van der Waals surface area contributed by atoms with Crippen LogP contribution in [0.3, 0.4) is 0 Å². The van der Waals surface area contributed by atoms with Gasteiger partial charge in [-0.15, -0.1) is 22.9 Å². The lowest BCUT2D eigenvalue weighted by Gasteiger charge is -2.16. The number of aliphatic hydroxyl groups is 1. The zero-order valence-electron chi connectivity index (χ0n) is 11.9. The summed E-state index contributed by atoms with van der Waals surface area (Å²) in [6.07, 6.45) is 1.85. The summed E-state index contributed by atoms with van der Waals surface area (Å²) in [5.41, 5.74) is 1.32. The molecule has 0 saturated carbocycles. The van der Waals surface area contributed by atoms with E-state index in [1.165, 1.54) is 4.88 Å². The van der Waals surface area contributed by atoms with E-state index >= 15 is 0 Å². The Morgan fingerprint density at radius 3 is 2.91 bits per heavy atom. The third kappa shape index (κ3) is 5.09. The Bertz CT molecular complexity index is 619. The predicted molar refractivity (Wildman–Crippen MR) is 95.7 cm³/mol. The van der Waals surface area contributed by atoms with Crippen LogP contribution >= 0.6 is 38.9 Å². The maximum Gasteiger partial charge on any atom is 0.239 e. The van der Waals surface area contributed by atoms with Crippen molar-refractivity contribution in [3.05, 3.63) is 50.6 Å². The average Bonchev–Trinajstić information content (AvgIpc) is 3.02. The molecular weight excluding hydrogens is 386 g/mol. The van der Waals surface area contributed by atoms with E-state index in [1.807, 2.05) is 18.2 Å².